The number of benzene rings is 1. The Morgan fingerprint density at radius 1 is 1.15 bits per heavy atom. The number of carbonyl (C=O) groups excluding carboxylic acids is 1. The van der Waals surface area contributed by atoms with E-state index in [-0.39, 0.29) is 5.91 Å². The van der Waals surface area contributed by atoms with Crippen molar-refractivity contribution in [1.82, 2.24) is 14.5 Å². The zero-order valence-electron chi connectivity index (χ0n) is 16.5. The van der Waals surface area contributed by atoms with Crippen LogP contribution in [-0.2, 0) is 6.54 Å². The summed E-state index contributed by atoms with van der Waals surface area (Å²) >= 11 is 0. The first-order valence-electron chi connectivity index (χ1n) is 10.2. The summed E-state index contributed by atoms with van der Waals surface area (Å²) in [5.41, 5.74) is 1.89. The molecule has 0 N–H and O–H groups in total. The molecule has 0 bridgehead atoms. The van der Waals surface area contributed by atoms with E-state index in [0.717, 1.165) is 49.6 Å². The van der Waals surface area contributed by atoms with Crippen molar-refractivity contribution >= 4 is 11.6 Å². The summed E-state index contributed by atoms with van der Waals surface area (Å²) in [5.74, 6) is 2.47. The van der Waals surface area contributed by atoms with Gasteiger partial charge in [-0.2, -0.15) is 0 Å². The first-order valence-corrected chi connectivity index (χ1v) is 10.2. The molecule has 2 aromatic rings. The minimum atomic E-state index is 0.141. The summed E-state index contributed by atoms with van der Waals surface area (Å²) in [7, 11) is 4.02. The summed E-state index contributed by atoms with van der Waals surface area (Å²) in [6.07, 6.45) is 10.3. The number of carbonyl (C=O) groups is 1. The summed E-state index contributed by atoms with van der Waals surface area (Å²) in [6.45, 7) is 2.70. The van der Waals surface area contributed by atoms with E-state index in [9.17, 15) is 4.79 Å². The number of imidazole rings is 1. The second-order valence-corrected chi connectivity index (χ2v) is 8.27. The Morgan fingerprint density at radius 2 is 1.93 bits per heavy atom. The molecule has 1 aliphatic heterocycles. The lowest BCUT2D eigenvalue weighted by atomic mass is 9.85. The van der Waals surface area contributed by atoms with Gasteiger partial charge in [0.05, 0.1) is 0 Å². The topological polar surface area (TPSA) is 41.4 Å². The molecule has 0 spiro atoms. The lowest BCUT2D eigenvalue weighted by molar-refractivity contribution is 0.0702. The zero-order valence-corrected chi connectivity index (χ0v) is 16.5. The predicted molar refractivity (Wildman–Crippen MR) is 108 cm³/mol. The molecule has 4 rings (SSSR count). The van der Waals surface area contributed by atoms with Gasteiger partial charge in [0.1, 0.15) is 5.82 Å². The molecular weight excluding hydrogens is 336 g/mol. The molecule has 2 aliphatic rings. The third kappa shape index (κ3) is 3.87. The smallest absolute Gasteiger partial charge is 0.253 e. The number of likely N-dealkylation sites (tertiary alicyclic amines) is 1. The first kappa shape index (κ1) is 18.1. The van der Waals surface area contributed by atoms with Crippen molar-refractivity contribution in [3.63, 3.8) is 0 Å². The van der Waals surface area contributed by atoms with Crippen molar-refractivity contribution < 1.29 is 4.79 Å². The van der Waals surface area contributed by atoms with Crippen LogP contribution in [0.2, 0.25) is 0 Å². The Labute approximate surface area is 162 Å². The fourth-order valence-corrected chi connectivity index (χ4v) is 4.25. The van der Waals surface area contributed by atoms with E-state index in [2.05, 4.69) is 15.7 Å². The van der Waals surface area contributed by atoms with Gasteiger partial charge < -0.3 is 14.4 Å². The molecule has 1 amide bonds. The number of anilines is 1. The molecule has 1 aromatic heterocycles. The second-order valence-electron chi connectivity index (χ2n) is 8.27. The quantitative estimate of drug-likeness (QED) is 0.809. The molecule has 0 radical (unpaired) electrons. The number of nitrogens with zero attached hydrogens (tertiary/aromatic N) is 4. The highest BCUT2D eigenvalue weighted by Crippen LogP contribution is 2.31. The van der Waals surface area contributed by atoms with Gasteiger partial charge in [-0.25, -0.2) is 4.98 Å². The highest BCUT2D eigenvalue weighted by Gasteiger charge is 2.29. The molecule has 1 atom stereocenters. The molecule has 2 fully saturated rings. The number of hydrogen-bond acceptors (Lipinski definition) is 3. The van der Waals surface area contributed by atoms with Crippen LogP contribution in [-0.4, -0.2) is 47.5 Å². The van der Waals surface area contributed by atoms with Crippen molar-refractivity contribution in [3.8, 4) is 0 Å². The lowest BCUT2D eigenvalue weighted by Crippen LogP contribution is -2.40. The van der Waals surface area contributed by atoms with Crippen LogP contribution in [0.4, 0.5) is 5.69 Å². The van der Waals surface area contributed by atoms with Crippen LogP contribution in [0.1, 0.15) is 54.2 Å². The Balaban J connectivity index is 1.45. The van der Waals surface area contributed by atoms with Crippen molar-refractivity contribution in [2.24, 2.45) is 5.92 Å². The van der Waals surface area contributed by atoms with E-state index in [0.29, 0.717) is 5.92 Å². The van der Waals surface area contributed by atoms with Gasteiger partial charge in [0.25, 0.3) is 5.91 Å². The van der Waals surface area contributed by atoms with Crippen LogP contribution in [0.15, 0.2) is 36.7 Å². The normalized spacial score (nSPS) is 20.4. The van der Waals surface area contributed by atoms with Gasteiger partial charge in [-0.3, -0.25) is 4.79 Å². The van der Waals surface area contributed by atoms with Gasteiger partial charge in [-0.15, -0.1) is 0 Å². The van der Waals surface area contributed by atoms with Crippen molar-refractivity contribution in [1.29, 1.82) is 0 Å². The van der Waals surface area contributed by atoms with Crippen LogP contribution < -0.4 is 4.90 Å². The van der Waals surface area contributed by atoms with Gasteiger partial charge in [0, 0.05) is 63.3 Å². The minimum Gasteiger partial charge on any atom is -0.378 e. The molecule has 1 aromatic carbocycles. The van der Waals surface area contributed by atoms with E-state index >= 15 is 0 Å². The molecular formula is C22H30N4O. The van der Waals surface area contributed by atoms with E-state index in [1.54, 1.807) is 0 Å². The van der Waals surface area contributed by atoms with Crippen LogP contribution >= 0.6 is 0 Å². The highest BCUT2D eigenvalue weighted by atomic mass is 16.2. The number of hydrogen-bond donors (Lipinski definition) is 0. The van der Waals surface area contributed by atoms with Gasteiger partial charge in [-0.1, -0.05) is 6.42 Å². The molecule has 0 unspecified atom stereocenters. The Morgan fingerprint density at radius 3 is 2.59 bits per heavy atom. The summed E-state index contributed by atoms with van der Waals surface area (Å²) < 4.78 is 2.34. The van der Waals surface area contributed by atoms with Gasteiger partial charge in [0.2, 0.25) is 0 Å². The lowest BCUT2D eigenvalue weighted by Gasteiger charge is -2.34. The average molecular weight is 367 g/mol. The zero-order chi connectivity index (χ0) is 18.8. The van der Waals surface area contributed by atoms with Gasteiger partial charge >= 0.3 is 0 Å². The fraction of sp³-hybridized carbons (Fsp3) is 0.545. The van der Waals surface area contributed by atoms with E-state index in [1.807, 2.05) is 54.4 Å². The summed E-state index contributed by atoms with van der Waals surface area (Å²) in [5, 5.41) is 0. The largest absolute Gasteiger partial charge is 0.378 e. The summed E-state index contributed by atoms with van der Waals surface area (Å²) in [6, 6.07) is 7.91. The van der Waals surface area contributed by atoms with Crippen molar-refractivity contribution in [2.75, 3.05) is 32.1 Å². The standard InChI is InChI=1S/C22H30N4O/c1-24(2)20-10-8-18(9-11-20)22(27)26-13-4-7-19(16-26)21-23-12-14-25(21)15-17-5-3-6-17/h8-12,14,17,19H,3-7,13,15-16H2,1-2H3/t19-/m1/s1. The van der Waals surface area contributed by atoms with Crippen LogP contribution in [0.5, 0.6) is 0 Å². The molecule has 1 saturated heterocycles. The highest BCUT2D eigenvalue weighted by molar-refractivity contribution is 5.94. The number of rotatable bonds is 5. The number of piperidine rings is 1. The van der Waals surface area contributed by atoms with E-state index in [1.165, 1.54) is 25.1 Å². The minimum absolute atomic E-state index is 0.141. The monoisotopic (exact) mass is 366 g/mol. The van der Waals surface area contributed by atoms with Crippen molar-refractivity contribution in [3.05, 3.63) is 48.0 Å². The Hall–Kier alpha value is -2.30. The van der Waals surface area contributed by atoms with E-state index < -0.39 is 0 Å². The maximum atomic E-state index is 13.0. The van der Waals surface area contributed by atoms with Crippen LogP contribution in [0.25, 0.3) is 0 Å². The second kappa shape index (κ2) is 7.75. The molecule has 1 saturated carbocycles. The first-order chi connectivity index (χ1) is 13.1. The Kier molecular flexibility index (Phi) is 5.19. The molecule has 2 heterocycles. The molecule has 5 heteroatoms. The fourth-order valence-electron chi connectivity index (χ4n) is 4.25. The number of aromatic nitrogens is 2. The van der Waals surface area contributed by atoms with Gasteiger partial charge in [0.15, 0.2) is 0 Å². The predicted octanol–water partition coefficient (Wildman–Crippen LogP) is 3.77. The van der Waals surface area contributed by atoms with Crippen molar-refractivity contribution in [2.45, 2.75) is 44.6 Å². The molecule has 5 nitrogen and oxygen atoms in total. The molecule has 27 heavy (non-hydrogen) atoms. The van der Waals surface area contributed by atoms with Gasteiger partial charge in [-0.05, 0) is 55.9 Å². The third-order valence-electron chi connectivity index (χ3n) is 6.13. The molecule has 1 aliphatic carbocycles. The number of amides is 1. The SMILES string of the molecule is CN(C)c1ccc(C(=O)N2CCC[C@@H](c3nccn3CC3CCC3)C2)cc1. The third-order valence-corrected chi connectivity index (χ3v) is 6.13. The summed E-state index contributed by atoms with van der Waals surface area (Å²) in [4.78, 5) is 21.7. The maximum Gasteiger partial charge on any atom is 0.253 e. The van der Waals surface area contributed by atoms with E-state index in [4.69, 9.17) is 0 Å². The molecule has 144 valence electrons. The van der Waals surface area contributed by atoms with Crippen LogP contribution in [0.3, 0.4) is 0 Å². The maximum absolute atomic E-state index is 13.0. The average Bonchev–Trinajstić information content (AvgIpc) is 3.13. The van der Waals surface area contributed by atoms with Crippen LogP contribution in [0, 0.1) is 5.92 Å². The Bertz CT molecular complexity index is 776.